The number of benzene rings is 1. The van der Waals surface area contributed by atoms with Crippen molar-refractivity contribution in [3.63, 3.8) is 0 Å². The first-order valence-electron chi connectivity index (χ1n) is 7.99. The molecule has 3 amide bonds. The standard InChI is InChI=1S/C17H21N3O3.ClH/c1-11-10-18-6-7-20(11)17(23)13-4-2-12(3-5-13)8-14-9-15(21)19-16(14)22;/h2-5,11,14,18H,6-10H2,1H3,(H,19,21,22);1H/t11-,14?;/m1./s1. The van der Waals surface area contributed by atoms with E-state index in [4.69, 9.17) is 0 Å². The van der Waals surface area contributed by atoms with Gasteiger partial charge in [0, 0.05) is 37.7 Å². The molecule has 0 spiro atoms. The van der Waals surface area contributed by atoms with E-state index in [0.29, 0.717) is 18.5 Å². The Morgan fingerprint density at radius 2 is 1.96 bits per heavy atom. The van der Waals surface area contributed by atoms with E-state index >= 15 is 0 Å². The fraction of sp³-hybridized carbons (Fsp3) is 0.471. The summed E-state index contributed by atoms with van der Waals surface area (Å²) < 4.78 is 0. The average molecular weight is 352 g/mol. The van der Waals surface area contributed by atoms with Crippen LogP contribution in [0, 0.1) is 5.92 Å². The topological polar surface area (TPSA) is 78.5 Å². The van der Waals surface area contributed by atoms with E-state index in [1.807, 2.05) is 24.0 Å². The molecular formula is C17H22ClN3O3. The monoisotopic (exact) mass is 351 g/mol. The van der Waals surface area contributed by atoms with Gasteiger partial charge in [0.15, 0.2) is 0 Å². The smallest absolute Gasteiger partial charge is 0.254 e. The highest BCUT2D eigenvalue weighted by Crippen LogP contribution is 2.18. The van der Waals surface area contributed by atoms with E-state index in [0.717, 1.165) is 18.7 Å². The summed E-state index contributed by atoms with van der Waals surface area (Å²) in [7, 11) is 0. The molecule has 1 aromatic rings. The van der Waals surface area contributed by atoms with Crippen molar-refractivity contribution in [2.24, 2.45) is 5.92 Å². The van der Waals surface area contributed by atoms with Crippen LogP contribution in [0.1, 0.15) is 29.3 Å². The number of carbonyl (C=O) groups is 3. The van der Waals surface area contributed by atoms with Gasteiger partial charge in [0.2, 0.25) is 11.8 Å². The molecule has 0 aromatic heterocycles. The van der Waals surface area contributed by atoms with Crippen molar-refractivity contribution in [2.45, 2.75) is 25.8 Å². The molecular weight excluding hydrogens is 330 g/mol. The number of amides is 3. The molecule has 2 fully saturated rings. The molecule has 2 aliphatic heterocycles. The van der Waals surface area contributed by atoms with Crippen LogP contribution >= 0.6 is 12.4 Å². The number of halogens is 1. The second kappa shape index (κ2) is 7.77. The molecule has 1 unspecified atom stereocenters. The number of piperazine rings is 1. The highest BCUT2D eigenvalue weighted by atomic mass is 35.5. The van der Waals surface area contributed by atoms with Gasteiger partial charge in [-0.3, -0.25) is 19.7 Å². The van der Waals surface area contributed by atoms with Crippen LogP contribution in [-0.2, 0) is 16.0 Å². The lowest BCUT2D eigenvalue weighted by Crippen LogP contribution is -2.52. The third-order valence-electron chi connectivity index (χ3n) is 4.51. The number of rotatable bonds is 3. The van der Waals surface area contributed by atoms with Crippen molar-refractivity contribution < 1.29 is 14.4 Å². The molecule has 130 valence electrons. The first kappa shape index (κ1) is 18.4. The highest BCUT2D eigenvalue weighted by Gasteiger charge is 2.30. The third-order valence-corrected chi connectivity index (χ3v) is 4.51. The van der Waals surface area contributed by atoms with Crippen LogP contribution in [0.3, 0.4) is 0 Å². The maximum absolute atomic E-state index is 12.6. The molecule has 2 N–H and O–H groups in total. The number of nitrogens with zero attached hydrogens (tertiary/aromatic N) is 1. The summed E-state index contributed by atoms with van der Waals surface area (Å²) in [6.07, 6.45) is 0.772. The van der Waals surface area contributed by atoms with Crippen molar-refractivity contribution in [3.8, 4) is 0 Å². The molecule has 0 radical (unpaired) electrons. The number of hydrogen-bond acceptors (Lipinski definition) is 4. The second-order valence-corrected chi connectivity index (χ2v) is 6.27. The Morgan fingerprint density at radius 1 is 1.25 bits per heavy atom. The molecule has 2 atom stereocenters. The lowest BCUT2D eigenvalue weighted by molar-refractivity contribution is -0.125. The molecule has 1 aromatic carbocycles. The summed E-state index contributed by atoms with van der Waals surface area (Å²) in [6.45, 7) is 4.38. The first-order valence-corrected chi connectivity index (χ1v) is 7.99. The Morgan fingerprint density at radius 3 is 2.54 bits per heavy atom. The molecule has 3 rings (SSSR count). The molecule has 0 bridgehead atoms. The third kappa shape index (κ3) is 3.94. The first-order chi connectivity index (χ1) is 11.0. The van der Waals surface area contributed by atoms with Crippen molar-refractivity contribution >= 4 is 30.1 Å². The summed E-state index contributed by atoms with van der Waals surface area (Å²) in [6, 6.07) is 7.54. The van der Waals surface area contributed by atoms with Crippen molar-refractivity contribution in [2.75, 3.05) is 19.6 Å². The summed E-state index contributed by atoms with van der Waals surface area (Å²) in [5, 5.41) is 5.59. The largest absolute Gasteiger partial charge is 0.333 e. The van der Waals surface area contributed by atoms with E-state index in [9.17, 15) is 14.4 Å². The van der Waals surface area contributed by atoms with Gasteiger partial charge in [0.1, 0.15) is 0 Å². The Balaban J connectivity index is 0.00000208. The zero-order valence-electron chi connectivity index (χ0n) is 13.6. The maximum Gasteiger partial charge on any atom is 0.254 e. The Labute approximate surface area is 147 Å². The van der Waals surface area contributed by atoms with Gasteiger partial charge >= 0.3 is 0 Å². The Kier molecular flexibility index (Phi) is 5.96. The van der Waals surface area contributed by atoms with Crippen molar-refractivity contribution in [1.29, 1.82) is 0 Å². The van der Waals surface area contributed by atoms with Crippen LogP contribution < -0.4 is 10.6 Å². The van der Waals surface area contributed by atoms with Crippen molar-refractivity contribution in [3.05, 3.63) is 35.4 Å². The number of imide groups is 1. The Hall–Kier alpha value is -1.92. The van der Waals surface area contributed by atoms with Gasteiger partial charge in [-0.2, -0.15) is 0 Å². The van der Waals surface area contributed by atoms with Gasteiger partial charge in [-0.05, 0) is 31.0 Å². The van der Waals surface area contributed by atoms with Gasteiger partial charge in [-0.15, -0.1) is 12.4 Å². The van der Waals surface area contributed by atoms with E-state index in [1.165, 1.54) is 0 Å². The lowest BCUT2D eigenvalue weighted by Gasteiger charge is -2.34. The van der Waals surface area contributed by atoms with Crippen LogP contribution in [0.5, 0.6) is 0 Å². The van der Waals surface area contributed by atoms with Gasteiger partial charge in [-0.25, -0.2) is 0 Å². The van der Waals surface area contributed by atoms with E-state index in [1.54, 1.807) is 12.1 Å². The SMILES string of the molecule is C[C@@H]1CNCCN1C(=O)c1ccc(CC2CC(=O)NC2=O)cc1.Cl. The number of carbonyl (C=O) groups excluding carboxylic acids is 3. The van der Waals surface area contributed by atoms with E-state index in [2.05, 4.69) is 10.6 Å². The molecule has 0 saturated carbocycles. The zero-order valence-corrected chi connectivity index (χ0v) is 14.4. The summed E-state index contributed by atoms with van der Waals surface area (Å²) >= 11 is 0. The van der Waals surface area contributed by atoms with Crippen LogP contribution in [0.15, 0.2) is 24.3 Å². The average Bonchev–Trinajstić information content (AvgIpc) is 2.85. The van der Waals surface area contributed by atoms with E-state index in [-0.39, 0.29) is 48.5 Å². The summed E-state index contributed by atoms with van der Waals surface area (Å²) in [5.74, 6) is -0.666. The molecule has 0 aliphatic carbocycles. The van der Waals surface area contributed by atoms with Crippen LogP contribution in [-0.4, -0.2) is 48.3 Å². The number of nitrogens with one attached hydrogen (secondary N) is 2. The fourth-order valence-corrected chi connectivity index (χ4v) is 3.15. The molecule has 24 heavy (non-hydrogen) atoms. The minimum absolute atomic E-state index is 0. The van der Waals surface area contributed by atoms with Gasteiger partial charge < -0.3 is 10.2 Å². The zero-order chi connectivity index (χ0) is 16.4. The molecule has 7 heteroatoms. The van der Waals surface area contributed by atoms with Crippen LogP contribution in [0.4, 0.5) is 0 Å². The normalized spacial score (nSPS) is 23.6. The van der Waals surface area contributed by atoms with Crippen LogP contribution in [0.2, 0.25) is 0 Å². The molecule has 2 aliphatic rings. The Bertz CT molecular complexity index is 632. The minimum atomic E-state index is -0.294. The predicted octanol–water partition coefficient (Wildman–Crippen LogP) is 0.748. The maximum atomic E-state index is 12.6. The molecule has 2 saturated heterocycles. The van der Waals surface area contributed by atoms with Crippen LogP contribution in [0.25, 0.3) is 0 Å². The summed E-state index contributed by atoms with van der Waals surface area (Å²) in [4.78, 5) is 37.3. The van der Waals surface area contributed by atoms with Crippen molar-refractivity contribution in [1.82, 2.24) is 15.5 Å². The minimum Gasteiger partial charge on any atom is -0.333 e. The molecule has 2 heterocycles. The van der Waals surface area contributed by atoms with E-state index < -0.39 is 0 Å². The van der Waals surface area contributed by atoms with Gasteiger partial charge in [0.25, 0.3) is 5.91 Å². The lowest BCUT2D eigenvalue weighted by atomic mass is 9.97. The molecule has 6 nitrogen and oxygen atoms in total. The predicted molar refractivity (Wildman–Crippen MR) is 92.0 cm³/mol. The quantitative estimate of drug-likeness (QED) is 0.788. The fourth-order valence-electron chi connectivity index (χ4n) is 3.15. The second-order valence-electron chi connectivity index (χ2n) is 6.27. The van der Waals surface area contributed by atoms with Gasteiger partial charge in [0.05, 0.1) is 5.92 Å². The van der Waals surface area contributed by atoms with Gasteiger partial charge in [-0.1, -0.05) is 12.1 Å². The highest BCUT2D eigenvalue weighted by molar-refractivity contribution is 6.03. The summed E-state index contributed by atoms with van der Waals surface area (Å²) in [5.41, 5.74) is 1.62. The number of hydrogen-bond donors (Lipinski definition) is 2.